The van der Waals surface area contributed by atoms with Gasteiger partial charge in [-0.05, 0) is 51.7 Å². The topological polar surface area (TPSA) is 71.9 Å². The summed E-state index contributed by atoms with van der Waals surface area (Å²) in [6.07, 6.45) is 3.89. The number of aryl methyl sites for hydroxylation is 2. The second-order valence-corrected chi connectivity index (χ2v) is 8.56. The Labute approximate surface area is 178 Å². The minimum absolute atomic E-state index is 0.128. The molecule has 30 heavy (non-hydrogen) atoms. The molecule has 1 aliphatic heterocycles. The molecule has 1 aliphatic carbocycles. The number of carbonyl (C=O) groups is 1. The number of hydrogen-bond acceptors (Lipinski definition) is 6. The summed E-state index contributed by atoms with van der Waals surface area (Å²) >= 11 is 0. The van der Waals surface area contributed by atoms with Crippen molar-refractivity contribution >= 4 is 22.6 Å². The first kappa shape index (κ1) is 21.1. The number of fused-ring (bicyclic) bond motifs is 1. The Kier molecular flexibility index (Phi) is 5.73. The molecule has 4 rings (SSSR count). The van der Waals surface area contributed by atoms with Crippen LogP contribution in [0, 0.1) is 19.3 Å². The van der Waals surface area contributed by atoms with Gasteiger partial charge in [-0.2, -0.15) is 0 Å². The minimum atomic E-state index is -0.337. The highest BCUT2D eigenvalue weighted by molar-refractivity contribution is 6.06. The van der Waals surface area contributed by atoms with E-state index in [1.165, 1.54) is 5.56 Å². The first-order chi connectivity index (χ1) is 14.4. The zero-order chi connectivity index (χ0) is 21.5. The quantitative estimate of drug-likeness (QED) is 0.754. The van der Waals surface area contributed by atoms with Gasteiger partial charge in [-0.25, -0.2) is 4.79 Å². The van der Waals surface area contributed by atoms with E-state index < -0.39 is 0 Å². The monoisotopic (exact) mass is 412 g/mol. The lowest BCUT2D eigenvalue weighted by atomic mass is 9.58. The van der Waals surface area contributed by atoms with Crippen LogP contribution in [0.2, 0.25) is 0 Å². The van der Waals surface area contributed by atoms with Crippen molar-refractivity contribution in [3.05, 3.63) is 35.0 Å². The third kappa shape index (κ3) is 3.26. The first-order valence-corrected chi connectivity index (χ1v) is 11.0. The summed E-state index contributed by atoms with van der Waals surface area (Å²) < 4.78 is 11.2. The minimum Gasteiger partial charge on any atom is -0.462 e. The molecule has 2 aromatic rings. The molecule has 6 heteroatoms. The fraction of sp³-hybridized carbons (Fsp3) is 0.583. The predicted octanol–water partition coefficient (Wildman–Crippen LogP) is 3.78. The zero-order valence-corrected chi connectivity index (χ0v) is 18.4. The van der Waals surface area contributed by atoms with E-state index in [-0.39, 0.29) is 23.6 Å². The molecule has 1 N–H and O–H groups in total. The molecule has 2 fully saturated rings. The van der Waals surface area contributed by atoms with Gasteiger partial charge in [0.05, 0.1) is 30.0 Å². The Bertz CT molecular complexity index is 948. The summed E-state index contributed by atoms with van der Waals surface area (Å²) in [5, 5.41) is 11.5. The van der Waals surface area contributed by atoms with E-state index in [0.717, 1.165) is 54.5 Å². The summed E-state index contributed by atoms with van der Waals surface area (Å²) in [7, 11) is 0. The van der Waals surface area contributed by atoms with Crippen molar-refractivity contribution in [2.75, 3.05) is 31.2 Å². The molecule has 1 saturated heterocycles. The van der Waals surface area contributed by atoms with E-state index in [4.69, 9.17) is 9.47 Å². The van der Waals surface area contributed by atoms with Crippen LogP contribution in [0.3, 0.4) is 0 Å². The largest absolute Gasteiger partial charge is 0.462 e. The van der Waals surface area contributed by atoms with Crippen LogP contribution in [0.1, 0.15) is 54.6 Å². The molecule has 162 valence electrons. The summed E-state index contributed by atoms with van der Waals surface area (Å²) in [6.45, 7) is 10.5. The summed E-state index contributed by atoms with van der Waals surface area (Å²) in [4.78, 5) is 19.6. The fourth-order valence-electron chi connectivity index (χ4n) is 5.16. The molecule has 2 atom stereocenters. The molecule has 6 nitrogen and oxygen atoms in total. The van der Waals surface area contributed by atoms with Gasteiger partial charge in [-0.3, -0.25) is 4.98 Å². The molecule has 2 unspecified atom stereocenters. The van der Waals surface area contributed by atoms with Crippen LogP contribution in [-0.4, -0.2) is 54.6 Å². The van der Waals surface area contributed by atoms with Crippen molar-refractivity contribution in [3.63, 3.8) is 0 Å². The number of pyridine rings is 1. The van der Waals surface area contributed by atoms with Gasteiger partial charge in [-0.1, -0.05) is 12.1 Å². The van der Waals surface area contributed by atoms with Crippen molar-refractivity contribution in [2.24, 2.45) is 5.41 Å². The lowest BCUT2D eigenvalue weighted by Gasteiger charge is -2.57. The molecule has 0 amide bonds. The first-order valence-electron chi connectivity index (χ1n) is 11.0. The number of aromatic nitrogens is 1. The second kappa shape index (κ2) is 8.16. The van der Waals surface area contributed by atoms with Gasteiger partial charge >= 0.3 is 5.97 Å². The Hall–Kier alpha value is -2.18. The third-order valence-electron chi connectivity index (χ3n) is 7.15. The lowest BCUT2D eigenvalue weighted by Crippen LogP contribution is -2.62. The number of piperidine rings is 1. The maximum absolute atomic E-state index is 12.7. The summed E-state index contributed by atoms with van der Waals surface area (Å²) in [6, 6.07) is 4.15. The molecular formula is C24H32N2O4. The number of nitrogens with zero attached hydrogens (tertiary/aromatic N) is 2. The van der Waals surface area contributed by atoms with E-state index in [1.54, 1.807) is 6.20 Å². The second-order valence-electron chi connectivity index (χ2n) is 8.56. The van der Waals surface area contributed by atoms with E-state index in [0.29, 0.717) is 18.8 Å². The highest BCUT2D eigenvalue weighted by atomic mass is 16.5. The molecule has 2 heterocycles. The maximum Gasteiger partial charge on any atom is 0.341 e. The average Bonchev–Trinajstić information content (AvgIpc) is 2.75. The van der Waals surface area contributed by atoms with Crippen LogP contribution in [-0.2, 0) is 9.47 Å². The SMILES string of the molecule is CCOC(=O)c1cnc2c(C)c(C)ccc2c1N1CCC2(CC1)C(O)CC2OCC. The van der Waals surface area contributed by atoms with Crippen molar-refractivity contribution in [2.45, 2.75) is 59.2 Å². The van der Waals surface area contributed by atoms with Gasteiger partial charge < -0.3 is 19.5 Å². The number of hydrogen-bond donors (Lipinski definition) is 1. The van der Waals surface area contributed by atoms with Gasteiger partial charge in [0.15, 0.2) is 0 Å². The number of esters is 1. The molecule has 1 aromatic carbocycles. The van der Waals surface area contributed by atoms with Crippen LogP contribution >= 0.6 is 0 Å². The van der Waals surface area contributed by atoms with Crippen LogP contribution in [0.4, 0.5) is 5.69 Å². The predicted molar refractivity (Wildman–Crippen MR) is 117 cm³/mol. The van der Waals surface area contributed by atoms with Gasteiger partial charge in [-0.15, -0.1) is 0 Å². The molecule has 1 spiro atoms. The molecule has 2 aliphatic rings. The van der Waals surface area contributed by atoms with Crippen LogP contribution in [0.5, 0.6) is 0 Å². The summed E-state index contributed by atoms with van der Waals surface area (Å²) in [5.74, 6) is -0.337. The van der Waals surface area contributed by atoms with E-state index in [9.17, 15) is 9.90 Å². The van der Waals surface area contributed by atoms with Gasteiger partial charge in [0.1, 0.15) is 5.56 Å². The summed E-state index contributed by atoms with van der Waals surface area (Å²) in [5.41, 5.74) is 4.49. The molecule has 1 aromatic heterocycles. The number of anilines is 1. The molecular weight excluding hydrogens is 380 g/mol. The van der Waals surface area contributed by atoms with Gasteiger partial charge in [0, 0.05) is 43.1 Å². The molecule has 0 radical (unpaired) electrons. The Morgan fingerprint density at radius 2 is 1.97 bits per heavy atom. The number of aliphatic hydroxyl groups is 1. The lowest BCUT2D eigenvalue weighted by molar-refractivity contribution is -0.199. The fourth-order valence-corrected chi connectivity index (χ4v) is 5.16. The normalized spacial score (nSPS) is 22.9. The van der Waals surface area contributed by atoms with E-state index >= 15 is 0 Å². The molecule has 1 saturated carbocycles. The smallest absolute Gasteiger partial charge is 0.341 e. The van der Waals surface area contributed by atoms with E-state index in [2.05, 4.69) is 35.9 Å². The number of rotatable bonds is 5. The standard InChI is InChI=1S/C24H32N2O4/c1-5-29-20-13-19(27)24(20)9-11-26(12-10-24)22-17-8-7-15(3)16(4)21(17)25-14-18(22)23(28)30-6-2/h7-8,14,19-20,27H,5-6,9-13H2,1-4H3. The van der Waals surface area contributed by atoms with Crippen LogP contribution in [0.15, 0.2) is 18.3 Å². The number of benzene rings is 1. The average molecular weight is 413 g/mol. The van der Waals surface area contributed by atoms with E-state index in [1.807, 2.05) is 13.8 Å². The number of carbonyl (C=O) groups excluding carboxylic acids is 1. The Morgan fingerprint density at radius 3 is 2.60 bits per heavy atom. The highest BCUT2D eigenvalue weighted by Crippen LogP contribution is 2.52. The van der Waals surface area contributed by atoms with Crippen LogP contribution < -0.4 is 4.90 Å². The Balaban J connectivity index is 1.72. The van der Waals surface area contributed by atoms with Gasteiger partial charge in [0.25, 0.3) is 0 Å². The highest BCUT2D eigenvalue weighted by Gasteiger charge is 2.56. The third-order valence-corrected chi connectivity index (χ3v) is 7.15. The maximum atomic E-state index is 12.7. The molecule has 0 bridgehead atoms. The zero-order valence-electron chi connectivity index (χ0n) is 18.4. The number of ether oxygens (including phenoxy) is 2. The van der Waals surface area contributed by atoms with Gasteiger partial charge in [0.2, 0.25) is 0 Å². The number of aliphatic hydroxyl groups excluding tert-OH is 1. The van der Waals surface area contributed by atoms with Crippen molar-refractivity contribution in [3.8, 4) is 0 Å². The van der Waals surface area contributed by atoms with Crippen molar-refractivity contribution < 1.29 is 19.4 Å². The van der Waals surface area contributed by atoms with Crippen molar-refractivity contribution in [1.82, 2.24) is 4.98 Å². The van der Waals surface area contributed by atoms with Crippen LogP contribution in [0.25, 0.3) is 10.9 Å². The van der Waals surface area contributed by atoms with Crippen molar-refractivity contribution in [1.29, 1.82) is 0 Å². The Morgan fingerprint density at radius 1 is 1.23 bits per heavy atom.